The summed E-state index contributed by atoms with van der Waals surface area (Å²) < 4.78 is 0. The molecule has 0 radical (unpaired) electrons. The third-order valence-electron chi connectivity index (χ3n) is 0.623. The lowest BCUT2D eigenvalue weighted by Crippen LogP contribution is -1.83. The van der Waals surface area contributed by atoms with Crippen LogP contribution in [0.3, 0.4) is 0 Å². The summed E-state index contributed by atoms with van der Waals surface area (Å²) in [5, 5.41) is 0. The highest BCUT2D eigenvalue weighted by Crippen LogP contribution is 1.74. The third-order valence-corrected chi connectivity index (χ3v) is 0.623. The number of carbonyl (C=O) groups excluding carboxylic acids is 1. The van der Waals surface area contributed by atoms with Crippen molar-refractivity contribution in [3.63, 3.8) is 0 Å². The lowest BCUT2D eigenvalue weighted by atomic mass is 10.3. The van der Waals surface area contributed by atoms with Gasteiger partial charge in [0.25, 0.3) is 0 Å². The first-order chi connectivity index (χ1) is 5.77. The van der Waals surface area contributed by atoms with E-state index in [9.17, 15) is 4.79 Å². The van der Waals surface area contributed by atoms with E-state index >= 15 is 0 Å². The summed E-state index contributed by atoms with van der Waals surface area (Å²) in [7, 11) is 0. The van der Waals surface area contributed by atoms with E-state index < -0.39 is 0 Å². The molecule has 0 saturated heterocycles. The van der Waals surface area contributed by atoms with Gasteiger partial charge in [-0.2, -0.15) is 0 Å². The van der Waals surface area contributed by atoms with Crippen molar-refractivity contribution >= 4 is 5.78 Å². The first-order valence-electron chi connectivity index (χ1n) is 3.70. The van der Waals surface area contributed by atoms with Crippen molar-refractivity contribution in [3.8, 4) is 36.0 Å². The monoisotopic (exact) mass is 160 g/mol. The molecule has 0 amide bonds. The molecular formula is C11H12O. The Morgan fingerprint density at radius 2 is 1.83 bits per heavy atom. The molecule has 0 aliphatic heterocycles. The summed E-state index contributed by atoms with van der Waals surface area (Å²) in [6.45, 7) is 5.48. The van der Waals surface area contributed by atoms with Crippen LogP contribution in [0.2, 0.25) is 0 Å². The zero-order valence-corrected chi connectivity index (χ0v) is 7.69. The molecule has 1 heteroatoms. The van der Waals surface area contributed by atoms with Crippen molar-refractivity contribution in [2.24, 2.45) is 0 Å². The van der Waals surface area contributed by atoms with Gasteiger partial charge in [0.05, 0.1) is 6.42 Å². The van der Waals surface area contributed by atoms with Crippen LogP contribution in [0.5, 0.6) is 0 Å². The van der Waals surface area contributed by atoms with E-state index in [-0.39, 0.29) is 12.2 Å². The molecule has 0 aliphatic rings. The van der Waals surface area contributed by atoms with Crippen molar-refractivity contribution in [2.75, 3.05) is 0 Å². The number of terminal acetylenes is 1. The summed E-state index contributed by atoms with van der Waals surface area (Å²) in [5.74, 6) is 11.8. The summed E-state index contributed by atoms with van der Waals surface area (Å²) >= 11 is 0. The topological polar surface area (TPSA) is 17.1 Å². The highest BCUT2D eigenvalue weighted by Gasteiger charge is 1.82. The van der Waals surface area contributed by atoms with E-state index in [1.54, 1.807) is 0 Å². The van der Waals surface area contributed by atoms with Crippen molar-refractivity contribution in [1.82, 2.24) is 0 Å². The molecule has 0 rings (SSSR count). The van der Waals surface area contributed by atoms with Crippen molar-refractivity contribution in [2.45, 2.75) is 27.2 Å². The molecule has 0 heterocycles. The molecule has 62 valence electrons. The van der Waals surface area contributed by atoms with Crippen molar-refractivity contribution in [3.05, 3.63) is 0 Å². The van der Waals surface area contributed by atoms with Crippen LogP contribution in [-0.2, 0) is 4.79 Å². The SMILES string of the molecule is C#CC#CC#CCC(C)=O.CC. The van der Waals surface area contributed by atoms with Gasteiger partial charge in [-0.15, -0.1) is 6.42 Å². The molecule has 0 unspecified atom stereocenters. The van der Waals surface area contributed by atoms with Gasteiger partial charge in [-0.1, -0.05) is 19.8 Å². The van der Waals surface area contributed by atoms with E-state index in [1.807, 2.05) is 13.8 Å². The van der Waals surface area contributed by atoms with Crippen LogP contribution in [-0.4, -0.2) is 5.78 Å². The largest absolute Gasteiger partial charge is 0.299 e. The van der Waals surface area contributed by atoms with Crippen LogP contribution in [0.4, 0.5) is 0 Å². The summed E-state index contributed by atoms with van der Waals surface area (Å²) in [6, 6.07) is 0. The first kappa shape index (κ1) is 13.0. The predicted molar refractivity (Wildman–Crippen MR) is 51.0 cm³/mol. The minimum Gasteiger partial charge on any atom is -0.299 e. The summed E-state index contributed by atoms with van der Waals surface area (Å²) in [5.41, 5.74) is 0. The molecule has 0 atom stereocenters. The molecule has 1 nitrogen and oxygen atoms in total. The van der Waals surface area contributed by atoms with Crippen molar-refractivity contribution in [1.29, 1.82) is 0 Å². The molecule has 0 saturated carbocycles. The maximum Gasteiger partial charge on any atom is 0.141 e. The minimum atomic E-state index is 0.0370. The minimum absolute atomic E-state index is 0.0370. The normalized spacial score (nSPS) is 5.17. The Balaban J connectivity index is 0. The zero-order valence-electron chi connectivity index (χ0n) is 7.69. The number of hydrogen-bond donors (Lipinski definition) is 0. The Morgan fingerprint density at radius 3 is 2.25 bits per heavy atom. The van der Waals surface area contributed by atoms with Gasteiger partial charge in [-0.25, -0.2) is 0 Å². The molecule has 0 fully saturated rings. The number of rotatable bonds is 1. The third kappa shape index (κ3) is 15.8. The molecule has 0 aromatic rings. The number of carbonyl (C=O) groups is 1. The Hall–Kier alpha value is -1.65. The molecule has 0 aromatic heterocycles. The molecule has 12 heavy (non-hydrogen) atoms. The molecule has 0 aromatic carbocycles. The van der Waals surface area contributed by atoms with Gasteiger partial charge >= 0.3 is 0 Å². The van der Waals surface area contributed by atoms with Crippen LogP contribution in [0, 0.1) is 36.0 Å². The zero-order chi connectivity index (χ0) is 9.82. The second-order valence-electron chi connectivity index (χ2n) is 1.57. The molecular weight excluding hydrogens is 148 g/mol. The molecule has 0 N–H and O–H groups in total. The van der Waals surface area contributed by atoms with Gasteiger partial charge < -0.3 is 0 Å². The standard InChI is InChI=1S/C9H6O.C2H6/c1-3-4-5-6-7-8-9(2)10;1-2/h1H,8H2,2H3;1-2H3. The van der Waals surface area contributed by atoms with E-state index in [0.29, 0.717) is 0 Å². The van der Waals surface area contributed by atoms with Gasteiger partial charge in [0, 0.05) is 0 Å². The van der Waals surface area contributed by atoms with E-state index in [1.165, 1.54) is 6.92 Å². The second kappa shape index (κ2) is 12.1. The van der Waals surface area contributed by atoms with Crippen LogP contribution >= 0.6 is 0 Å². The first-order valence-corrected chi connectivity index (χ1v) is 3.70. The quantitative estimate of drug-likeness (QED) is 0.533. The van der Waals surface area contributed by atoms with Crippen LogP contribution in [0.25, 0.3) is 0 Å². The maximum absolute atomic E-state index is 10.3. The fourth-order valence-corrected chi connectivity index (χ4v) is 0.280. The van der Waals surface area contributed by atoms with E-state index in [0.717, 1.165) is 0 Å². The smallest absolute Gasteiger partial charge is 0.141 e. The average Bonchev–Trinajstić information content (AvgIpc) is 2.07. The molecule has 0 aliphatic carbocycles. The van der Waals surface area contributed by atoms with Gasteiger partial charge in [0.2, 0.25) is 0 Å². The molecule has 0 spiro atoms. The fraction of sp³-hybridized carbons (Fsp3) is 0.364. The van der Waals surface area contributed by atoms with Gasteiger partial charge in [0.1, 0.15) is 5.78 Å². The Kier molecular flexibility index (Phi) is 13.1. The van der Waals surface area contributed by atoms with Crippen LogP contribution < -0.4 is 0 Å². The van der Waals surface area contributed by atoms with Gasteiger partial charge in [-0.05, 0) is 30.6 Å². The van der Waals surface area contributed by atoms with Crippen molar-refractivity contribution < 1.29 is 4.79 Å². The Morgan fingerprint density at radius 1 is 1.25 bits per heavy atom. The highest BCUT2D eigenvalue weighted by molar-refractivity contribution is 5.78. The summed E-state index contributed by atoms with van der Waals surface area (Å²) in [4.78, 5) is 10.3. The lowest BCUT2D eigenvalue weighted by molar-refractivity contribution is -0.116. The Labute approximate surface area is 74.6 Å². The van der Waals surface area contributed by atoms with E-state index in [4.69, 9.17) is 6.42 Å². The summed E-state index contributed by atoms with van der Waals surface area (Å²) in [6.07, 6.45) is 5.06. The van der Waals surface area contributed by atoms with E-state index in [2.05, 4.69) is 29.6 Å². The highest BCUT2D eigenvalue weighted by atomic mass is 16.1. The van der Waals surface area contributed by atoms with Crippen LogP contribution in [0.1, 0.15) is 27.2 Å². The second-order valence-corrected chi connectivity index (χ2v) is 1.57. The number of Topliss-reactive ketones (excluding diaryl/α,β-unsaturated/α-hetero) is 1. The Bertz CT molecular complexity index is 270. The van der Waals surface area contributed by atoms with Gasteiger partial charge in [0.15, 0.2) is 0 Å². The number of ketones is 1. The average molecular weight is 160 g/mol. The molecule has 0 bridgehead atoms. The van der Waals surface area contributed by atoms with Crippen LogP contribution in [0.15, 0.2) is 0 Å². The van der Waals surface area contributed by atoms with Gasteiger partial charge in [-0.3, -0.25) is 4.79 Å². The number of hydrogen-bond acceptors (Lipinski definition) is 1. The maximum atomic E-state index is 10.3. The predicted octanol–water partition coefficient (Wildman–Crippen LogP) is 1.63. The lowest BCUT2D eigenvalue weighted by Gasteiger charge is -1.73. The fourth-order valence-electron chi connectivity index (χ4n) is 0.280.